The first-order valence-corrected chi connectivity index (χ1v) is 7.17. The molecule has 3 aromatic rings. The van der Waals surface area contributed by atoms with Crippen LogP contribution in [0.1, 0.15) is 10.4 Å². The number of para-hydroxylation sites is 1. The highest BCUT2D eigenvalue weighted by Crippen LogP contribution is 2.19. The largest absolute Gasteiger partial charge is 0.338 e. The molecular weight excluding hydrogens is 312 g/mol. The van der Waals surface area contributed by atoms with Crippen LogP contribution in [0.4, 0.5) is 26.0 Å². The Bertz CT molecular complexity index is 866. The van der Waals surface area contributed by atoms with E-state index in [1.807, 2.05) is 0 Å². The molecule has 6 heteroatoms. The molecule has 1 heterocycles. The summed E-state index contributed by atoms with van der Waals surface area (Å²) in [6, 6.07) is 15.1. The van der Waals surface area contributed by atoms with Crippen LogP contribution in [0.5, 0.6) is 0 Å². The number of anilines is 3. The molecule has 3 rings (SSSR count). The van der Waals surface area contributed by atoms with Crippen LogP contribution in [0.15, 0.2) is 66.9 Å². The van der Waals surface area contributed by atoms with Crippen molar-refractivity contribution in [1.82, 2.24) is 4.98 Å². The van der Waals surface area contributed by atoms with E-state index in [2.05, 4.69) is 15.6 Å². The van der Waals surface area contributed by atoms with Crippen molar-refractivity contribution in [1.29, 1.82) is 0 Å². The van der Waals surface area contributed by atoms with Gasteiger partial charge >= 0.3 is 0 Å². The predicted octanol–water partition coefficient (Wildman–Crippen LogP) is 4.36. The third-order valence-corrected chi connectivity index (χ3v) is 3.28. The van der Waals surface area contributed by atoms with Crippen LogP contribution in [0, 0.1) is 11.6 Å². The molecule has 0 saturated heterocycles. The number of benzene rings is 2. The molecule has 0 aliphatic carbocycles. The molecule has 24 heavy (non-hydrogen) atoms. The summed E-state index contributed by atoms with van der Waals surface area (Å²) in [5.74, 6) is -1.13. The lowest BCUT2D eigenvalue weighted by molar-refractivity contribution is 0.102. The summed E-state index contributed by atoms with van der Waals surface area (Å²) >= 11 is 0. The van der Waals surface area contributed by atoms with Crippen LogP contribution in [0.2, 0.25) is 0 Å². The Balaban J connectivity index is 1.70. The molecule has 0 unspecified atom stereocenters. The van der Waals surface area contributed by atoms with Crippen LogP contribution >= 0.6 is 0 Å². The molecular formula is C18H13F2N3O. The van der Waals surface area contributed by atoms with Gasteiger partial charge in [-0.15, -0.1) is 0 Å². The fraction of sp³-hybridized carbons (Fsp3) is 0. The highest BCUT2D eigenvalue weighted by molar-refractivity contribution is 6.04. The molecule has 0 aliphatic rings. The number of aromatic nitrogens is 1. The molecule has 120 valence electrons. The molecule has 0 bridgehead atoms. The molecule has 0 atom stereocenters. The van der Waals surface area contributed by atoms with Crippen LogP contribution in [0.25, 0.3) is 0 Å². The van der Waals surface area contributed by atoms with E-state index in [4.69, 9.17) is 0 Å². The van der Waals surface area contributed by atoms with Crippen LogP contribution in [-0.4, -0.2) is 10.9 Å². The zero-order valence-electron chi connectivity index (χ0n) is 12.5. The maximum Gasteiger partial charge on any atom is 0.258 e. The number of hydrogen-bond donors (Lipinski definition) is 2. The third kappa shape index (κ3) is 3.55. The Kier molecular flexibility index (Phi) is 4.47. The van der Waals surface area contributed by atoms with Gasteiger partial charge in [0.1, 0.15) is 17.5 Å². The van der Waals surface area contributed by atoms with Crippen molar-refractivity contribution >= 4 is 23.1 Å². The molecule has 0 saturated carbocycles. The summed E-state index contributed by atoms with van der Waals surface area (Å²) in [7, 11) is 0. The smallest absolute Gasteiger partial charge is 0.258 e. The van der Waals surface area contributed by atoms with Crippen LogP contribution in [0.3, 0.4) is 0 Å². The molecule has 1 amide bonds. The Hall–Kier alpha value is -3.28. The molecule has 2 aromatic carbocycles. The molecule has 4 nitrogen and oxygen atoms in total. The lowest BCUT2D eigenvalue weighted by atomic mass is 10.2. The van der Waals surface area contributed by atoms with Crippen molar-refractivity contribution in [2.75, 3.05) is 10.6 Å². The summed E-state index contributed by atoms with van der Waals surface area (Å²) < 4.78 is 27.1. The van der Waals surface area contributed by atoms with Crippen molar-refractivity contribution in [3.8, 4) is 0 Å². The Morgan fingerprint density at radius 3 is 2.25 bits per heavy atom. The summed E-state index contributed by atoms with van der Waals surface area (Å²) in [6.07, 6.45) is 1.40. The second kappa shape index (κ2) is 6.87. The Labute approximate surface area is 137 Å². The van der Waals surface area contributed by atoms with Gasteiger partial charge in [-0.1, -0.05) is 24.3 Å². The van der Waals surface area contributed by atoms with E-state index in [9.17, 15) is 13.6 Å². The number of pyridine rings is 1. The second-order valence-corrected chi connectivity index (χ2v) is 4.97. The topological polar surface area (TPSA) is 54.0 Å². The van der Waals surface area contributed by atoms with Crippen molar-refractivity contribution in [3.05, 3.63) is 84.1 Å². The Morgan fingerprint density at radius 2 is 1.58 bits per heavy atom. The van der Waals surface area contributed by atoms with Crippen molar-refractivity contribution in [2.45, 2.75) is 0 Å². The van der Waals surface area contributed by atoms with Crippen molar-refractivity contribution < 1.29 is 13.6 Å². The lowest BCUT2D eigenvalue weighted by Crippen LogP contribution is -2.13. The summed E-state index contributed by atoms with van der Waals surface area (Å²) in [4.78, 5) is 16.1. The molecule has 1 aromatic heterocycles. The number of nitrogens with one attached hydrogen (secondary N) is 2. The number of halogens is 2. The molecule has 0 aliphatic heterocycles. The number of hydrogen-bond acceptors (Lipinski definition) is 3. The van der Waals surface area contributed by atoms with E-state index in [1.54, 1.807) is 36.4 Å². The average Bonchev–Trinajstić information content (AvgIpc) is 2.59. The van der Waals surface area contributed by atoms with Gasteiger partial charge < -0.3 is 10.6 Å². The minimum atomic E-state index is -0.596. The average molecular weight is 325 g/mol. The molecule has 2 N–H and O–H groups in total. The van der Waals surface area contributed by atoms with E-state index in [1.165, 1.54) is 30.5 Å². The number of carbonyl (C=O) groups excluding carboxylic acids is 1. The highest BCUT2D eigenvalue weighted by Gasteiger charge is 2.11. The number of nitrogens with zero attached hydrogens (tertiary/aromatic N) is 1. The number of rotatable bonds is 4. The van der Waals surface area contributed by atoms with Crippen LogP contribution in [-0.2, 0) is 0 Å². The van der Waals surface area contributed by atoms with Gasteiger partial charge in [-0.3, -0.25) is 4.79 Å². The summed E-state index contributed by atoms with van der Waals surface area (Å²) in [5, 5.41) is 5.39. The second-order valence-electron chi connectivity index (χ2n) is 4.97. The van der Waals surface area contributed by atoms with E-state index in [0.29, 0.717) is 17.2 Å². The van der Waals surface area contributed by atoms with Crippen LogP contribution < -0.4 is 10.6 Å². The molecule has 0 spiro atoms. The summed E-state index contributed by atoms with van der Waals surface area (Å²) in [6.45, 7) is 0. The Morgan fingerprint density at radius 1 is 0.875 bits per heavy atom. The van der Waals surface area contributed by atoms with Crippen molar-refractivity contribution in [3.63, 3.8) is 0 Å². The normalized spacial score (nSPS) is 10.2. The van der Waals surface area contributed by atoms with Gasteiger partial charge in [0.15, 0.2) is 0 Å². The number of carbonyl (C=O) groups is 1. The first-order valence-electron chi connectivity index (χ1n) is 7.17. The van der Waals surface area contributed by atoms with Crippen molar-refractivity contribution in [2.24, 2.45) is 0 Å². The number of amides is 1. The first-order chi connectivity index (χ1) is 11.6. The van der Waals surface area contributed by atoms with Gasteiger partial charge in [-0.25, -0.2) is 13.8 Å². The summed E-state index contributed by atoms with van der Waals surface area (Å²) in [5.41, 5.74) is 0.654. The van der Waals surface area contributed by atoms with Gasteiger partial charge in [-0.05, 0) is 36.4 Å². The van der Waals surface area contributed by atoms with Gasteiger partial charge in [0.05, 0.1) is 23.1 Å². The minimum Gasteiger partial charge on any atom is -0.338 e. The molecule has 0 fully saturated rings. The van der Waals surface area contributed by atoms with E-state index < -0.39 is 17.5 Å². The maximum atomic E-state index is 13.6. The minimum absolute atomic E-state index is 0.0499. The SMILES string of the molecule is O=C(Nc1ccc(Nc2ccccc2F)nc1)c1ccccc1F. The zero-order chi connectivity index (χ0) is 16.9. The quantitative estimate of drug-likeness (QED) is 0.749. The highest BCUT2D eigenvalue weighted by atomic mass is 19.1. The zero-order valence-corrected chi connectivity index (χ0v) is 12.5. The monoisotopic (exact) mass is 325 g/mol. The molecule has 0 radical (unpaired) electrons. The first kappa shape index (κ1) is 15.6. The van der Waals surface area contributed by atoms with E-state index in [-0.39, 0.29) is 5.56 Å². The predicted molar refractivity (Wildman–Crippen MR) is 88.3 cm³/mol. The fourth-order valence-corrected chi connectivity index (χ4v) is 2.09. The fourth-order valence-electron chi connectivity index (χ4n) is 2.09. The van der Waals surface area contributed by atoms with E-state index in [0.717, 1.165) is 0 Å². The van der Waals surface area contributed by atoms with Gasteiger partial charge in [-0.2, -0.15) is 0 Å². The maximum absolute atomic E-state index is 13.6. The third-order valence-electron chi connectivity index (χ3n) is 3.28. The van der Waals surface area contributed by atoms with Gasteiger partial charge in [0.25, 0.3) is 5.91 Å². The lowest BCUT2D eigenvalue weighted by Gasteiger charge is -2.09. The van der Waals surface area contributed by atoms with Gasteiger partial charge in [0.2, 0.25) is 0 Å². The van der Waals surface area contributed by atoms with Gasteiger partial charge in [0, 0.05) is 0 Å². The van der Waals surface area contributed by atoms with E-state index >= 15 is 0 Å². The standard InChI is InChI=1S/C18H13F2N3O/c19-14-6-2-1-5-13(14)18(24)22-12-9-10-17(21-11-12)23-16-8-4-3-7-15(16)20/h1-11H,(H,21,23)(H,22,24).